The molecule has 1 N–H and O–H groups in total. The fourth-order valence-corrected chi connectivity index (χ4v) is 4.53. The van der Waals surface area contributed by atoms with E-state index in [9.17, 15) is 13.6 Å². The SMILES string of the molecule is C[C@H](NC(=O)[C@@H]1CCC(F)(F)C1)[C@H]1C[C@H]2CC[C@H]1C2. The van der Waals surface area contributed by atoms with Crippen molar-refractivity contribution in [3.63, 3.8) is 0 Å². The van der Waals surface area contributed by atoms with E-state index < -0.39 is 11.8 Å². The monoisotopic (exact) mass is 271 g/mol. The second-order valence-electron chi connectivity index (χ2n) is 6.93. The first-order chi connectivity index (χ1) is 8.94. The first kappa shape index (κ1) is 13.3. The van der Waals surface area contributed by atoms with Gasteiger partial charge >= 0.3 is 0 Å². The van der Waals surface area contributed by atoms with E-state index in [1.807, 2.05) is 0 Å². The van der Waals surface area contributed by atoms with Crippen molar-refractivity contribution >= 4 is 5.91 Å². The molecule has 0 saturated heterocycles. The first-order valence-corrected chi connectivity index (χ1v) is 7.63. The maximum Gasteiger partial charge on any atom is 0.248 e. The van der Waals surface area contributed by atoms with Crippen LogP contribution in [0.25, 0.3) is 0 Å². The van der Waals surface area contributed by atoms with Gasteiger partial charge in [0, 0.05) is 24.8 Å². The van der Waals surface area contributed by atoms with Gasteiger partial charge < -0.3 is 5.32 Å². The molecule has 1 amide bonds. The molecule has 0 aliphatic heterocycles. The molecule has 2 nitrogen and oxygen atoms in total. The van der Waals surface area contributed by atoms with Crippen LogP contribution in [0.4, 0.5) is 8.78 Å². The normalized spacial score (nSPS) is 41.4. The zero-order valence-electron chi connectivity index (χ0n) is 11.5. The van der Waals surface area contributed by atoms with Crippen LogP contribution in [0.3, 0.4) is 0 Å². The van der Waals surface area contributed by atoms with Crippen LogP contribution < -0.4 is 5.32 Å². The summed E-state index contributed by atoms with van der Waals surface area (Å²) in [6, 6.07) is 0.150. The highest BCUT2D eigenvalue weighted by Crippen LogP contribution is 2.49. The summed E-state index contributed by atoms with van der Waals surface area (Å²) in [5.41, 5.74) is 0. The first-order valence-electron chi connectivity index (χ1n) is 7.63. The predicted octanol–water partition coefficient (Wildman–Crippen LogP) is 3.36. The maximum atomic E-state index is 13.1. The van der Waals surface area contributed by atoms with Crippen LogP contribution in [-0.2, 0) is 4.79 Å². The number of carbonyl (C=O) groups is 1. The summed E-state index contributed by atoms with van der Waals surface area (Å²) in [4.78, 5) is 12.1. The molecule has 3 fully saturated rings. The van der Waals surface area contributed by atoms with E-state index in [0.717, 1.165) is 11.8 Å². The molecule has 0 spiro atoms. The largest absolute Gasteiger partial charge is 0.353 e. The Bertz CT molecular complexity index is 371. The number of hydrogen-bond donors (Lipinski definition) is 1. The highest BCUT2D eigenvalue weighted by molar-refractivity contribution is 5.79. The Hall–Kier alpha value is -0.670. The van der Waals surface area contributed by atoms with E-state index in [1.165, 1.54) is 25.7 Å². The van der Waals surface area contributed by atoms with E-state index in [-0.39, 0.29) is 24.8 Å². The van der Waals surface area contributed by atoms with Gasteiger partial charge in [-0.15, -0.1) is 0 Å². The topological polar surface area (TPSA) is 29.1 Å². The van der Waals surface area contributed by atoms with Gasteiger partial charge in [-0.05, 0) is 50.4 Å². The Balaban J connectivity index is 1.52. The molecule has 3 rings (SSSR count). The van der Waals surface area contributed by atoms with E-state index >= 15 is 0 Å². The molecule has 108 valence electrons. The Morgan fingerprint density at radius 2 is 2.05 bits per heavy atom. The van der Waals surface area contributed by atoms with Gasteiger partial charge in [0.05, 0.1) is 0 Å². The Labute approximate surface area is 113 Å². The average molecular weight is 271 g/mol. The molecule has 19 heavy (non-hydrogen) atoms. The number of amides is 1. The van der Waals surface area contributed by atoms with Crippen molar-refractivity contribution in [2.45, 2.75) is 63.8 Å². The van der Waals surface area contributed by atoms with Gasteiger partial charge in [0.1, 0.15) is 0 Å². The highest BCUT2D eigenvalue weighted by Gasteiger charge is 2.45. The summed E-state index contributed by atoms with van der Waals surface area (Å²) >= 11 is 0. The van der Waals surface area contributed by atoms with Crippen molar-refractivity contribution in [2.24, 2.45) is 23.7 Å². The minimum atomic E-state index is -2.63. The summed E-state index contributed by atoms with van der Waals surface area (Å²) < 4.78 is 26.3. The quantitative estimate of drug-likeness (QED) is 0.838. The molecule has 0 heterocycles. The summed E-state index contributed by atoms with van der Waals surface area (Å²) in [6.45, 7) is 2.05. The highest BCUT2D eigenvalue weighted by atomic mass is 19.3. The lowest BCUT2D eigenvalue weighted by Gasteiger charge is -2.29. The summed E-state index contributed by atoms with van der Waals surface area (Å²) in [7, 11) is 0. The Morgan fingerprint density at radius 3 is 2.58 bits per heavy atom. The van der Waals surface area contributed by atoms with Crippen LogP contribution in [-0.4, -0.2) is 17.9 Å². The number of carbonyl (C=O) groups excluding carboxylic acids is 1. The maximum absolute atomic E-state index is 13.1. The lowest BCUT2D eigenvalue weighted by atomic mass is 9.84. The van der Waals surface area contributed by atoms with Gasteiger partial charge in [-0.1, -0.05) is 6.42 Å². The third-order valence-electron chi connectivity index (χ3n) is 5.58. The third kappa shape index (κ3) is 2.63. The fraction of sp³-hybridized carbons (Fsp3) is 0.933. The zero-order chi connectivity index (χ0) is 13.6. The van der Waals surface area contributed by atoms with Crippen molar-refractivity contribution in [3.05, 3.63) is 0 Å². The van der Waals surface area contributed by atoms with Crippen LogP contribution in [0, 0.1) is 23.7 Å². The van der Waals surface area contributed by atoms with Crippen LogP contribution in [0.2, 0.25) is 0 Å². The van der Waals surface area contributed by atoms with Crippen molar-refractivity contribution in [2.75, 3.05) is 0 Å². The van der Waals surface area contributed by atoms with Gasteiger partial charge in [-0.3, -0.25) is 4.79 Å². The molecule has 0 unspecified atom stereocenters. The molecule has 0 aromatic carbocycles. The van der Waals surface area contributed by atoms with Gasteiger partial charge in [0.15, 0.2) is 0 Å². The van der Waals surface area contributed by atoms with Gasteiger partial charge in [0.2, 0.25) is 11.8 Å². The van der Waals surface area contributed by atoms with E-state index in [2.05, 4.69) is 12.2 Å². The molecular formula is C15H23F2NO. The van der Waals surface area contributed by atoms with Gasteiger partial charge in [-0.25, -0.2) is 8.78 Å². The molecule has 3 aliphatic carbocycles. The Kier molecular flexibility index (Phi) is 3.30. The Morgan fingerprint density at radius 1 is 1.26 bits per heavy atom. The molecule has 0 aromatic rings. The van der Waals surface area contributed by atoms with Crippen molar-refractivity contribution in [1.82, 2.24) is 5.32 Å². The van der Waals surface area contributed by atoms with Gasteiger partial charge in [0.25, 0.3) is 0 Å². The van der Waals surface area contributed by atoms with E-state index in [1.54, 1.807) is 0 Å². The summed E-state index contributed by atoms with van der Waals surface area (Å²) in [5, 5.41) is 3.01. The lowest BCUT2D eigenvalue weighted by molar-refractivity contribution is -0.126. The summed E-state index contributed by atoms with van der Waals surface area (Å²) in [6.07, 6.45) is 5.10. The number of rotatable bonds is 3. The van der Waals surface area contributed by atoms with Crippen LogP contribution in [0.15, 0.2) is 0 Å². The summed E-state index contributed by atoms with van der Waals surface area (Å²) in [5.74, 6) is -1.07. The van der Waals surface area contributed by atoms with Crippen LogP contribution >= 0.6 is 0 Å². The van der Waals surface area contributed by atoms with Crippen molar-refractivity contribution in [1.29, 1.82) is 0 Å². The molecule has 3 aliphatic rings. The number of nitrogens with one attached hydrogen (secondary N) is 1. The number of halogens is 2. The van der Waals surface area contributed by atoms with Crippen LogP contribution in [0.1, 0.15) is 51.9 Å². The standard InChI is InChI=1S/C15H23F2NO/c1-9(13-7-10-2-3-11(13)6-10)18-14(19)12-4-5-15(16,17)8-12/h9-13H,2-8H2,1H3,(H,18,19)/t9-,10-,11-,12+,13+/m0/s1. The number of fused-ring (bicyclic) bond motifs is 2. The molecular weight excluding hydrogens is 248 g/mol. The average Bonchev–Trinajstić information content (AvgIpc) is 3.02. The number of hydrogen-bond acceptors (Lipinski definition) is 1. The molecule has 2 bridgehead atoms. The van der Waals surface area contributed by atoms with Gasteiger partial charge in [-0.2, -0.15) is 0 Å². The van der Waals surface area contributed by atoms with E-state index in [0.29, 0.717) is 12.3 Å². The minimum absolute atomic E-state index is 0.131. The predicted molar refractivity (Wildman–Crippen MR) is 68.8 cm³/mol. The molecule has 0 aromatic heterocycles. The molecule has 4 heteroatoms. The lowest BCUT2D eigenvalue weighted by Crippen LogP contribution is -2.42. The smallest absolute Gasteiger partial charge is 0.248 e. The molecule has 3 saturated carbocycles. The van der Waals surface area contributed by atoms with Crippen LogP contribution in [0.5, 0.6) is 0 Å². The third-order valence-corrected chi connectivity index (χ3v) is 5.58. The zero-order valence-corrected chi connectivity index (χ0v) is 11.5. The second kappa shape index (κ2) is 4.71. The molecule has 0 radical (unpaired) electrons. The molecule has 5 atom stereocenters. The fourth-order valence-electron chi connectivity index (χ4n) is 4.53. The van der Waals surface area contributed by atoms with Crippen molar-refractivity contribution < 1.29 is 13.6 Å². The van der Waals surface area contributed by atoms with Crippen molar-refractivity contribution in [3.8, 4) is 0 Å². The second-order valence-corrected chi connectivity index (χ2v) is 6.93. The minimum Gasteiger partial charge on any atom is -0.353 e. The number of alkyl halides is 2. The van der Waals surface area contributed by atoms with E-state index in [4.69, 9.17) is 0 Å².